The molecule has 0 saturated heterocycles. The monoisotopic (exact) mass is 291 g/mol. The summed E-state index contributed by atoms with van der Waals surface area (Å²) in [4.78, 5) is 0. The fourth-order valence-electron chi connectivity index (χ4n) is 1.06. The minimum Gasteiger partial charge on any atom is -0.404 e. The Hall–Kier alpha value is -0.690. The molecule has 1 aromatic rings. The molecule has 0 amide bonds. The van der Waals surface area contributed by atoms with Crippen LogP contribution in [0.5, 0.6) is 5.75 Å². The highest BCUT2D eigenvalue weighted by atomic mass is 35.5. The van der Waals surface area contributed by atoms with Crippen molar-refractivity contribution < 1.29 is 23.0 Å². The van der Waals surface area contributed by atoms with Crippen LogP contribution >= 0.6 is 24.0 Å². The highest BCUT2D eigenvalue weighted by Crippen LogP contribution is 2.31. The standard InChI is InChI=1S/C9H9ClF3NO2.ClH/c10-6-3-5(7(14)4-15)1-2-8(6)16-9(11,12)13;/h1-3,7,15H,4,14H2;1H/t7-;/m0./s1. The van der Waals surface area contributed by atoms with Gasteiger partial charge in [0.05, 0.1) is 17.7 Å². The van der Waals surface area contributed by atoms with Crippen LogP contribution in [-0.2, 0) is 0 Å². The molecule has 0 radical (unpaired) electrons. The third kappa shape index (κ3) is 4.99. The Morgan fingerprint density at radius 2 is 2.00 bits per heavy atom. The first-order chi connectivity index (χ1) is 7.33. The molecule has 0 aliphatic rings. The Morgan fingerprint density at radius 3 is 2.41 bits per heavy atom. The molecule has 3 nitrogen and oxygen atoms in total. The van der Waals surface area contributed by atoms with Gasteiger partial charge in [-0.1, -0.05) is 17.7 Å². The van der Waals surface area contributed by atoms with Crippen LogP contribution in [0, 0.1) is 0 Å². The molecule has 8 heteroatoms. The van der Waals surface area contributed by atoms with Crippen molar-refractivity contribution in [2.24, 2.45) is 5.73 Å². The minimum absolute atomic E-state index is 0. The minimum atomic E-state index is -4.79. The van der Waals surface area contributed by atoms with Crippen molar-refractivity contribution in [3.8, 4) is 5.75 Å². The highest BCUT2D eigenvalue weighted by Gasteiger charge is 2.32. The Balaban J connectivity index is 0.00000256. The van der Waals surface area contributed by atoms with Gasteiger partial charge in [0.15, 0.2) is 0 Å². The van der Waals surface area contributed by atoms with Crippen molar-refractivity contribution >= 4 is 24.0 Å². The quantitative estimate of drug-likeness (QED) is 0.900. The summed E-state index contributed by atoms with van der Waals surface area (Å²) in [5, 5.41) is 8.55. The average Bonchev–Trinajstić information content (AvgIpc) is 2.18. The fraction of sp³-hybridized carbons (Fsp3) is 0.333. The van der Waals surface area contributed by atoms with Gasteiger partial charge in [0.25, 0.3) is 0 Å². The van der Waals surface area contributed by atoms with Gasteiger partial charge in [-0.15, -0.1) is 25.6 Å². The molecule has 1 aromatic carbocycles. The van der Waals surface area contributed by atoms with Gasteiger partial charge >= 0.3 is 6.36 Å². The maximum atomic E-state index is 11.9. The largest absolute Gasteiger partial charge is 0.573 e. The van der Waals surface area contributed by atoms with E-state index in [4.69, 9.17) is 22.4 Å². The van der Waals surface area contributed by atoms with Gasteiger partial charge < -0.3 is 15.6 Å². The summed E-state index contributed by atoms with van der Waals surface area (Å²) in [7, 11) is 0. The number of aliphatic hydroxyl groups is 1. The topological polar surface area (TPSA) is 55.5 Å². The van der Waals surface area contributed by atoms with Crippen molar-refractivity contribution in [2.45, 2.75) is 12.4 Å². The van der Waals surface area contributed by atoms with Gasteiger partial charge in [-0.3, -0.25) is 0 Å². The molecule has 0 spiro atoms. The normalized spacial score (nSPS) is 12.8. The van der Waals surface area contributed by atoms with Crippen molar-refractivity contribution in [1.29, 1.82) is 0 Å². The average molecular weight is 292 g/mol. The number of alkyl halides is 3. The lowest BCUT2D eigenvalue weighted by Crippen LogP contribution is -2.18. The van der Waals surface area contributed by atoms with Crippen LogP contribution in [0.15, 0.2) is 18.2 Å². The molecule has 0 fully saturated rings. The molecule has 0 unspecified atom stereocenters. The summed E-state index contributed by atoms with van der Waals surface area (Å²) >= 11 is 5.57. The Kier molecular flexibility index (Phi) is 6.04. The van der Waals surface area contributed by atoms with E-state index in [2.05, 4.69) is 4.74 Å². The summed E-state index contributed by atoms with van der Waals surface area (Å²) in [5.41, 5.74) is 5.90. The van der Waals surface area contributed by atoms with Crippen LogP contribution < -0.4 is 10.5 Å². The number of benzene rings is 1. The van der Waals surface area contributed by atoms with E-state index in [0.29, 0.717) is 5.56 Å². The van der Waals surface area contributed by atoms with Gasteiger partial charge in [-0.25, -0.2) is 0 Å². The van der Waals surface area contributed by atoms with Crippen molar-refractivity contribution in [2.75, 3.05) is 6.61 Å². The Bertz CT molecular complexity index is 374. The zero-order valence-corrected chi connectivity index (χ0v) is 9.94. The molecule has 1 atom stereocenters. The second-order valence-corrected chi connectivity index (χ2v) is 3.43. The molecular formula is C9H10Cl2F3NO2. The zero-order valence-electron chi connectivity index (χ0n) is 8.37. The number of rotatable bonds is 3. The van der Waals surface area contributed by atoms with Crippen LogP contribution in [0.25, 0.3) is 0 Å². The van der Waals surface area contributed by atoms with Gasteiger partial charge in [0.2, 0.25) is 0 Å². The van der Waals surface area contributed by atoms with Crippen molar-refractivity contribution in [3.05, 3.63) is 28.8 Å². The molecule has 3 N–H and O–H groups in total. The van der Waals surface area contributed by atoms with Crippen LogP contribution in [0.4, 0.5) is 13.2 Å². The maximum absolute atomic E-state index is 11.9. The van der Waals surface area contributed by atoms with E-state index < -0.39 is 18.2 Å². The first kappa shape index (κ1) is 16.3. The molecular weight excluding hydrogens is 282 g/mol. The van der Waals surface area contributed by atoms with Crippen LogP contribution in [0.1, 0.15) is 11.6 Å². The summed E-state index contributed by atoms with van der Waals surface area (Å²) in [5.74, 6) is -0.497. The van der Waals surface area contributed by atoms with E-state index in [1.54, 1.807) is 0 Å². The Labute approximate surface area is 107 Å². The molecule has 98 valence electrons. The number of aliphatic hydroxyl groups excluding tert-OH is 1. The molecule has 0 bridgehead atoms. The van der Waals surface area contributed by atoms with E-state index >= 15 is 0 Å². The number of ether oxygens (including phenoxy) is 1. The first-order valence-electron chi connectivity index (χ1n) is 4.25. The smallest absolute Gasteiger partial charge is 0.404 e. The summed E-state index contributed by atoms with van der Waals surface area (Å²) in [6.07, 6.45) is -4.79. The number of hydrogen-bond acceptors (Lipinski definition) is 3. The van der Waals surface area contributed by atoms with Crippen LogP contribution in [0.2, 0.25) is 5.02 Å². The number of halogens is 5. The van der Waals surface area contributed by atoms with Crippen LogP contribution in [-0.4, -0.2) is 18.1 Å². The van der Waals surface area contributed by atoms with E-state index in [-0.39, 0.29) is 24.0 Å². The zero-order chi connectivity index (χ0) is 12.3. The lowest BCUT2D eigenvalue weighted by molar-refractivity contribution is -0.274. The summed E-state index contributed by atoms with van der Waals surface area (Å²) in [6, 6.07) is 2.91. The first-order valence-corrected chi connectivity index (χ1v) is 4.63. The molecule has 0 aliphatic carbocycles. The second kappa shape index (κ2) is 6.30. The lowest BCUT2D eigenvalue weighted by Gasteiger charge is -2.13. The van der Waals surface area contributed by atoms with Crippen molar-refractivity contribution in [3.63, 3.8) is 0 Å². The SMILES string of the molecule is Cl.N[C@@H](CO)c1ccc(OC(F)(F)F)c(Cl)c1. The molecule has 0 aromatic heterocycles. The summed E-state index contributed by atoms with van der Waals surface area (Å²) < 4.78 is 39.4. The molecule has 0 saturated carbocycles. The maximum Gasteiger partial charge on any atom is 0.573 e. The molecule has 17 heavy (non-hydrogen) atoms. The molecule has 1 rings (SSSR count). The Morgan fingerprint density at radius 1 is 1.41 bits per heavy atom. The fourth-order valence-corrected chi connectivity index (χ4v) is 1.29. The third-order valence-corrected chi connectivity index (χ3v) is 2.10. The van der Waals surface area contributed by atoms with E-state index in [1.807, 2.05) is 0 Å². The van der Waals surface area contributed by atoms with E-state index in [0.717, 1.165) is 6.07 Å². The summed E-state index contributed by atoms with van der Waals surface area (Å²) in [6.45, 7) is -0.324. The predicted molar refractivity (Wildman–Crippen MR) is 59.4 cm³/mol. The molecule has 0 heterocycles. The van der Waals surface area contributed by atoms with Gasteiger partial charge in [0, 0.05) is 0 Å². The van der Waals surface area contributed by atoms with Crippen molar-refractivity contribution in [1.82, 2.24) is 0 Å². The molecule has 0 aliphatic heterocycles. The number of hydrogen-bond donors (Lipinski definition) is 2. The number of nitrogens with two attached hydrogens (primary N) is 1. The predicted octanol–water partition coefficient (Wildman–Crippen LogP) is 2.65. The second-order valence-electron chi connectivity index (χ2n) is 3.03. The van der Waals surface area contributed by atoms with Gasteiger partial charge in [-0.05, 0) is 17.7 Å². The van der Waals surface area contributed by atoms with E-state index in [1.165, 1.54) is 12.1 Å². The van der Waals surface area contributed by atoms with E-state index in [9.17, 15) is 13.2 Å². The third-order valence-electron chi connectivity index (χ3n) is 1.81. The van der Waals surface area contributed by atoms with Gasteiger partial charge in [-0.2, -0.15) is 0 Å². The lowest BCUT2D eigenvalue weighted by atomic mass is 10.1. The van der Waals surface area contributed by atoms with Gasteiger partial charge in [0.1, 0.15) is 5.75 Å². The van der Waals surface area contributed by atoms with Crippen LogP contribution in [0.3, 0.4) is 0 Å². The highest BCUT2D eigenvalue weighted by molar-refractivity contribution is 6.32.